The third-order valence-electron chi connectivity index (χ3n) is 2.95. The molecule has 0 aliphatic heterocycles. The van der Waals surface area contributed by atoms with Crippen molar-refractivity contribution < 1.29 is 4.39 Å². The number of rotatable bonds is 6. The molecule has 18 heavy (non-hydrogen) atoms. The average Bonchev–Trinajstić information content (AvgIpc) is 2.84. The van der Waals surface area contributed by atoms with Crippen LogP contribution < -0.4 is 5.32 Å². The number of nitrogens with one attached hydrogen (secondary N) is 1. The molecule has 2 rings (SSSR count). The number of hydrogen-bond donors (Lipinski definition) is 1. The Morgan fingerprint density at radius 3 is 3.00 bits per heavy atom. The second kappa shape index (κ2) is 6.31. The predicted molar refractivity (Wildman–Crippen MR) is 69.7 cm³/mol. The van der Waals surface area contributed by atoms with Crippen LogP contribution in [0.1, 0.15) is 17.5 Å². The molecule has 0 aliphatic rings. The molecule has 1 aromatic carbocycles. The van der Waals surface area contributed by atoms with E-state index in [0.29, 0.717) is 0 Å². The topological polar surface area (TPSA) is 29.9 Å². The number of imidazole rings is 1. The van der Waals surface area contributed by atoms with E-state index in [9.17, 15) is 4.39 Å². The van der Waals surface area contributed by atoms with Gasteiger partial charge in [0.05, 0.1) is 6.33 Å². The van der Waals surface area contributed by atoms with Crippen molar-refractivity contribution in [3.05, 3.63) is 53.9 Å². The Morgan fingerprint density at radius 2 is 2.28 bits per heavy atom. The van der Waals surface area contributed by atoms with E-state index in [4.69, 9.17) is 0 Å². The second-order valence-electron chi connectivity index (χ2n) is 4.40. The number of aryl methyl sites for hydroxylation is 2. The molecule has 1 N–H and O–H groups in total. The highest BCUT2D eigenvalue weighted by atomic mass is 19.1. The van der Waals surface area contributed by atoms with Crippen molar-refractivity contribution in [1.82, 2.24) is 14.9 Å². The van der Waals surface area contributed by atoms with Gasteiger partial charge in [0, 0.05) is 25.5 Å². The molecule has 96 valence electrons. The van der Waals surface area contributed by atoms with E-state index in [1.807, 2.05) is 25.5 Å². The molecule has 0 saturated carbocycles. The van der Waals surface area contributed by atoms with Crippen LogP contribution in [0.25, 0.3) is 0 Å². The Balaban J connectivity index is 1.69. The quantitative estimate of drug-likeness (QED) is 0.795. The van der Waals surface area contributed by atoms with Gasteiger partial charge < -0.3 is 9.88 Å². The number of nitrogens with zero attached hydrogens (tertiary/aromatic N) is 2. The van der Waals surface area contributed by atoms with Crippen molar-refractivity contribution in [2.75, 3.05) is 6.54 Å². The molecule has 0 amide bonds. The fourth-order valence-electron chi connectivity index (χ4n) is 1.89. The molecule has 1 heterocycles. The summed E-state index contributed by atoms with van der Waals surface area (Å²) in [5.41, 5.74) is 2.15. The second-order valence-corrected chi connectivity index (χ2v) is 4.40. The summed E-state index contributed by atoms with van der Waals surface area (Å²) in [6.07, 6.45) is 6.63. The minimum absolute atomic E-state index is 0.170. The largest absolute Gasteiger partial charge is 0.337 e. The fourth-order valence-corrected chi connectivity index (χ4v) is 1.89. The zero-order chi connectivity index (χ0) is 12.8. The molecular weight excluding hydrogens is 229 g/mol. The Kier molecular flexibility index (Phi) is 4.47. The summed E-state index contributed by atoms with van der Waals surface area (Å²) in [6, 6.07) is 4.92. The van der Waals surface area contributed by atoms with Crippen molar-refractivity contribution in [3.63, 3.8) is 0 Å². The molecule has 3 nitrogen and oxygen atoms in total. The first-order valence-corrected chi connectivity index (χ1v) is 6.17. The summed E-state index contributed by atoms with van der Waals surface area (Å²) in [4.78, 5) is 4.00. The van der Waals surface area contributed by atoms with Crippen LogP contribution in [0.5, 0.6) is 0 Å². The molecule has 0 bridgehead atoms. The zero-order valence-electron chi connectivity index (χ0n) is 10.6. The maximum absolute atomic E-state index is 12.9. The lowest BCUT2D eigenvalue weighted by Crippen LogP contribution is -2.17. The summed E-state index contributed by atoms with van der Waals surface area (Å²) in [5.74, 6) is -0.170. The standard InChI is InChI=1S/C14H18FN3/c1-12-9-14(15)4-3-13(12)10-16-5-2-7-18-8-6-17-11-18/h3-4,6,8-9,11,16H,2,5,7,10H2,1H3. The maximum atomic E-state index is 12.9. The van der Waals surface area contributed by atoms with Gasteiger partial charge in [-0.3, -0.25) is 0 Å². The van der Waals surface area contributed by atoms with Gasteiger partial charge in [-0.25, -0.2) is 9.37 Å². The van der Waals surface area contributed by atoms with Gasteiger partial charge in [0.15, 0.2) is 0 Å². The van der Waals surface area contributed by atoms with E-state index in [2.05, 4.69) is 14.9 Å². The van der Waals surface area contributed by atoms with Crippen molar-refractivity contribution in [1.29, 1.82) is 0 Å². The van der Waals surface area contributed by atoms with Crippen LogP contribution in [0, 0.1) is 12.7 Å². The smallest absolute Gasteiger partial charge is 0.123 e. The summed E-state index contributed by atoms with van der Waals surface area (Å²) in [6.45, 7) is 4.63. The predicted octanol–water partition coefficient (Wildman–Crippen LogP) is 2.51. The molecule has 0 fully saturated rings. The van der Waals surface area contributed by atoms with Crippen LogP contribution in [0.2, 0.25) is 0 Å². The molecule has 2 aromatic rings. The van der Waals surface area contributed by atoms with E-state index >= 15 is 0 Å². The average molecular weight is 247 g/mol. The molecule has 0 atom stereocenters. The van der Waals surface area contributed by atoms with Crippen molar-refractivity contribution in [2.45, 2.75) is 26.4 Å². The number of hydrogen-bond acceptors (Lipinski definition) is 2. The molecule has 0 unspecified atom stereocenters. The van der Waals surface area contributed by atoms with Gasteiger partial charge >= 0.3 is 0 Å². The van der Waals surface area contributed by atoms with Gasteiger partial charge in [-0.1, -0.05) is 6.07 Å². The third kappa shape index (κ3) is 3.67. The number of halogens is 1. The number of benzene rings is 1. The normalized spacial score (nSPS) is 10.8. The Morgan fingerprint density at radius 1 is 1.39 bits per heavy atom. The summed E-state index contributed by atoms with van der Waals surface area (Å²) >= 11 is 0. The highest BCUT2D eigenvalue weighted by molar-refractivity contribution is 5.26. The van der Waals surface area contributed by atoms with E-state index in [-0.39, 0.29) is 5.82 Å². The van der Waals surface area contributed by atoms with Crippen LogP contribution >= 0.6 is 0 Å². The van der Waals surface area contributed by atoms with Gasteiger partial charge in [-0.05, 0) is 43.1 Å². The lowest BCUT2D eigenvalue weighted by molar-refractivity contribution is 0.578. The minimum atomic E-state index is -0.170. The lowest BCUT2D eigenvalue weighted by Gasteiger charge is -2.08. The van der Waals surface area contributed by atoms with E-state index in [0.717, 1.165) is 37.2 Å². The first-order chi connectivity index (χ1) is 8.75. The summed E-state index contributed by atoms with van der Waals surface area (Å²) in [7, 11) is 0. The fraction of sp³-hybridized carbons (Fsp3) is 0.357. The van der Waals surface area contributed by atoms with Gasteiger partial charge in [-0.2, -0.15) is 0 Å². The Hall–Kier alpha value is -1.68. The first-order valence-electron chi connectivity index (χ1n) is 6.17. The van der Waals surface area contributed by atoms with Crippen molar-refractivity contribution in [2.24, 2.45) is 0 Å². The first kappa shape index (κ1) is 12.8. The van der Waals surface area contributed by atoms with Gasteiger partial charge in [-0.15, -0.1) is 0 Å². The van der Waals surface area contributed by atoms with Crippen LogP contribution in [0.15, 0.2) is 36.9 Å². The molecule has 0 aliphatic carbocycles. The number of aromatic nitrogens is 2. The van der Waals surface area contributed by atoms with Crippen LogP contribution in [-0.2, 0) is 13.1 Å². The minimum Gasteiger partial charge on any atom is -0.337 e. The van der Waals surface area contributed by atoms with Crippen LogP contribution in [-0.4, -0.2) is 16.1 Å². The maximum Gasteiger partial charge on any atom is 0.123 e. The van der Waals surface area contributed by atoms with E-state index in [1.165, 1.54) is 6.07 Å². The Labute approximate surface area is 107 Å². The molecule has 0 saturated heterocycles. The van der Waals surface area contributed by atoms with Gasteiger partial charge in [0.1, 0.15) is 5.82 Å². The monoisotopic (exact) mass is 247 g/mol. The summed E-state index contributed by atoms with van der Waals surface area (Å²) in [5, 5.41) is 3.37. The van der Waals surface area contributed by atoms with Gasteiger partial charge in [0.2, 0.25) is 0 Å². The molecular formula is C14H18FN3. The molecule has 4 heteroatoms. The van der Waals surface area contributed by atoms with Crippen LogP contribution in [0.4, 0.5) is 4.39 Å². The lowest BCUT2D eigenvalue weighted by atomic mass is 10.1. The highest BCUT2D eigenvalue weighted by Crippen LogP contribution is 2.09. The molecule has 1 aromatic heterocycles. The highest BCUT2D eigenvalue weighted by Gasteiger charge is 1.99. The zero-order valence-corrected chi connectivity index (χ0v) is 10.6. The van der Waals surface area contributed by atoms with Crippen molar-refractivity contribution >= 4 is 0 Å². The van der Waals surface area contributed by atoms with Crippen LogP contribution in [0.3, 0.4) is 0 Å². The van der Waals surface area contributed by atoms with Crippen molar-refractivity contribution in [3.8, 4) is 0 Å². The van der Waals surface area contributed by atoms with E-state index < -0.39 is 0 Å². The third-order valence-corrected chi connectivity index (χ3v) is 2.95. The SMILES string of the molecule is Cc1cc(F)ccc1CNCCCn1ccnc1. The Bertz CT molecular complexity index is 480. The van der Waals surface area contributed by atoms with E-state index in [1.54, 1.807) is 12.3 Å². The molecule has 0 radical (unpaired) electrons. The summed E-state index contributed by atoms with van der Waals surface area (Å²) < 4.78 is 15.0. The molecule has 0 spiro atoms. The van der Waals surface area contributed by atoms with Gasteiger partial charge in [0.25, 0.3) is 0 Å².